The van der Waals surface area contributed by atoms with Gasteiger partial charge in [0, 0.05) is 31.6 Å². The standard InChI is InChI=1S/C21H27N5O3/c1-4-8-23-9-11-24(12-10-23)20(27)14-25-21(28)18-13-16-17(26(18)15(2)22-25)6-5-7-19(16)29-3/h5-7,13H,4,8-12,14H2,1-3H3. The Morgan fingerprint density at radius 1 is 1.17 bits per heavy atom. The molecule has 1 aliphatic heterocycles. The molecule has 1 saturated heterocycles. The van der Waals surface area contributed by atoms with Gasteiger partial charge in [0.15, 0.2) is 0 Å². The molecule has 154 valence electrons. The Labute approximate surface area is 169 Å². The van der Waals surface area contributed by atoms with Crippen LogP contribution in [0.1, 0.15) is 19.2 Å². The maximum absolute atomic E-state index is 13.1. The molecule has 8 nitrogen and oxygen atoms in total. The molecule has 1 fully saturated rings. The van der Waals surface area contributed by atoms with Gasteiger partial charge in [-0.3, -0.25) is 18.9 Å². The molecule has 3 aromatic rings. The molecule has 0 bridgehead atoms. The van der Waals surface area contributed by atoms with E-state index in [1.54, 1.807) is 7.11 Å². The van der Waals surface area contributed by atoms with Crippen molar-refractivity contribution in [2.45, 2.75) is 26.8 Å². The summed E-state index contributed by atoms with van der Waals surface area (Å²) in [6, 6.07) is 7.50. The van der Waals surface area contributed by atoms with Crippen LogP contribution in [-0.2, 0) is 11.3 Å². The number of rotatable bonds is 5. The molecule has 0 N–H and O–H groups in total. The molecular weight excluding hydrogens is 370 g/mol. The van der Waals surface area contributed by atoms with Crippen LogP contribution in [0.4, 0.5) is 0 Å². The summed E-state index contributed by atoms with van der Waals surface area (Å²) in [7, 11) is 1.61. The minimum Gasteiger partial charge on any atom is -0.496 e. The Hall–Kier alpha value is -2.87. The van der Waals surface area contributed by atoms with E-state index in [9.17, 15) is 9.59 Å². The quantitative estimate of drug-likeness (QED) is 0.653. The van der Waals surface area contributed by atoms with Crippen molar-refractivity contribution in [3.05, 3.63) is 40.4 Å². The van der Waals surface area contributed by atoms with Crippen LogP contribution in [0.5, 0.6) is 5.75 Å². The lowest BCUT2D eigenvalue weighted by atomic mass is 10.2. The summed E-state index contributed by atoms with van der Waals surface area (Å²) in [5.41, 5.74) is 1.09. The second kappa shape index (κ2) is 7.87. The summed E-state index contributed by atoms with van der Waals surface area (Å²) in [5, 5.41) is 5.28. The van der Waals surface area contributed by atoms with E-state index >= 15 is 0 Å². The number of aryl methyl sites for hydroxylation is 1. The van der Waals surface area contributed by atoms with Crippen LogP contribution < -0.4 is 10.3 Å². The van der Waals surface area contributed by atoms with E-state index in [-0.39, 0.29) is 18.0 Å². The second-order valence-electron chi connectivity index (χ2n) is 7.49. The van der Waals surface area contributed by atoms with Gasteiger partial charge in [-0.25, -0.2) is 4.68 Å². The SMILES string of the molecule is CCCN1CCN(C(=O)Cn2nc(C)n3c(cc4c(OC)cccc43)c2=O)CC1. The highest BCUT2D eigenvalue weighted by molar-refractivity contribution is 5.92. The third kappa shape index (κ3) is 3.48. The molecule has 0 radical (unpaired) electrons. The highest BCUT2D eigenvalue weighted by atomic mass is 16.5. The zero-order valence-electron chi connectivity index (χ0n) is 17.2. The number of ether oxygens (including phenoxy) is 1. The van der Waals surface area contributed by atoms with E-state index in [1.165, 1.54) is 4.68 Å². The number of aromatic nitrogens is 3. The average Bonchev–Trinajstić information content (AvgIpc) is 3.13. The molecule has 1 aliphatic rings. The Balaban J connectivity index is 1.63. The molecular formula is C21H27N5O3. The van der Waals surface area contributed by atoms with E-state index in [4.69, 9.17) is 4.74 Å². The number of carbonyl (C=O) groups excluding carboxylic acids is 1. The molecule has 0 spiro atoms. The number of hydrogen-bond donors (Lipinski definition) is 0. The van der Waals surface area contributed by atoms with Crippen molar-refractivity contribution < 1.29 is 9.53 Å². The summed E-state index contributed by atoms with van der Waals surface area (Å²) >= 11 is 0. The van der Waals surface area contributed by atoms with Crippen molar-refractivity contribution in [1.82, 2.24) is 24.0 Å². The molecule has 3 heterocycles. The summed E-state index contributed by atoms with van der Waals surface area (Å²) in [6.45, 7) is 8.17. The number of methoxy groups -OCH3 is 1. The van der Waals surface area contributed by atoms with Gasteiger partial charge in [-0.15, -0.1) is 0 Å². The fraction of sp³-hybridized carbons (Fsp3) is 0.476. The summed E-state index contributed by atoms with van der Waals surface area (Å²) in [5.74, 6) is 1.30. The molecule has 1 aromatic carbocycles. The fourth-order valence-electron chi connectivity index (χ4n) is 4.16. The topological polar surface area (TPSA) is 72.1 Å². The molecule has 1 amide bonds. The number of carbonyl (C=O) groups is 1. The van der Waals surface area contributed by atoms with Crippen molar-refractivity contribution >= 4 is 22.3 Å². The van der Waals surface area contributed by atoms with Gasteiger partial charge in [0.2, 0.25) is 5.91 Å². The predicted octanol–water partition coefficient (Wildman–Crippen LogP) is 1.52. The predicted molar refractivity (Wildman–Crippen MR) is 112 cm³/mol. The third-order valence-electron chi connectivity index (χ3n) is 5.62. The van der Waals surface area contributed by atoms with Crippen LogP contribution in [0.25, 0.3) is 16.4 Å². The van der Waals surface area contributed by atoms with Gasteiger partial charge in [-0.2, -0.15) is 5.10 Å². The van der Waals surface area contributed by atoms with Crippen LogP contribution in [-0.4, -0.2) is 69.7 Å². The fourth-order valence-corrected chi connectivity index (χ4v) is 4.16. The summed E-state index contributed by atoms with van der Waals surface area (Å²) in [6.07, 6.45) is 1.11. The molecule has 2 aromatic heterocycles. The molecule has 0 unspecified atom stereocenters. The van der Waals surface area contributed by atoms with Crippen LogP contribution in [0.3, 0.4) is 0 Å². The van der Waals surface area contributed by atoms with Gasteiger partial charge < -0.3 is 9.64 Å². The first-order valence-electron chi connectivity index (χ1n) is 10.1. The first-order chi connectivity index (χ1) is 14.0. The first-order valence-corrected chi connectivity index (χ1v) is 10.1. The van der Waals surface area contributed by atoms with E-state index in [2.05, 4.69) is 16.9 Å². The van der Waals surface area contributed by atoms with E-state index in [0.717, 1.165) is 37.0 Å². The highest BCUT2D eigenvalue weighted by Crippen LogP contribution is 2.28. The molecule has 8 heteroatoms. The number of nitrogens with zero attached hydrogens (tertiary/aromatic N) is 5. The smallest absolute Gasteiger partial charge is 0.291 e. The first kappa shape index (κ1) is 19.4. The van der Waals surface area contributed by atoms with Crippen molar-refractivity contribution in [2.75, 3.05) is 39.8 Å². The van der Waals surface area contributed by atoms with Crippen molar-refractivity contribution in [2.24, 2.45) is 0 Å². The van der Waals surface area contributed by atoms with Gasteiger partial charge >= 0.3 is 0 Å². The number of piperazine rings is 1. The zero-order valence-corrected chi connectivity index (χ0v) is 17.2. The van der Waals surface area contributed by atoms with Gasteiger partial charge in [-0.1, -0.05) is 13.0 Å². The lowest BCUT2D eigenvalue weighted by Gasteiger charge is -2.34. The van der Waals surface area contributed by atoms with Gasteiger partial charge in [-0.05, 0) is 38.1 Å². The third-order valence-corrected chi connectivity index (χ3v) is 5.62. The molecule has 0 saturated carbocycles. The Morgan fingerprint density at radius 2 is 1.93 bits per heavy atom. The number of fused-ring (bicyclic) bond motifs is 3. The monoisotopic (exact) mass is 397 g/mol. The van der Waals surface area contributed by atoms with Gasteiger partial charge in [0.05, 0.1) is 12.6 Å². The maximum Gasteiger partial charge on any atom is 0.291 e. The van der Waals surface area contributed by atoms with Crippen LogP contribution in [0.15, 0.2) is 29.1 Å². The molecule has 4 rings (SSSR count). The molecule has 0 aliphatic carbocycles. The van der Waals surface area contributed by atoms with Crippen molar-refractivity contribution in [1.29, 1.82) is 0 Å². The average molecular weight is 397 g/mol. The van der Waals surface area contributed by atoms with Crippen molar-refractivity contribution in [3.63, 3.8) is 0 Å². The second-order valence-corrected chi connectivity index (χ2v) is 7.49. The summed E-state index contributed by atoms with van der Waals surface area (Å²) in [4.78, 5) is 30.0. The van der Waals surface area contributed by atoms with Gasteiger partial charge in [0.25, 0.3) is 5.56 Å². The van der Waals surface area contributed by atoms with Crippen LogP contribution >= 0.6 is 0 Å². The maximum atomic E-state index is 13.1. The summed E-state index contributed by atoms with van der Waals surface area (Å²) < 4.78 is 8.54. The molecule has 0 atom stereocenters. The minimum absolute atomic E-state index is 0.0391. The lowest BCUT2D eigenvalue weighted by molar-refractivity contribution is -0.133. The van der Waals surface area contributed by atoms with Gasteiger partial charge in [0.1, 0.15) is 23.6 Å². The van der Waals surface area contributed by atoms with E-state index < -0.39 is 0 Å². The zero-order chi connectivity index (χ0) is 20.5. The number of benzene rings is 1. The number of hydrogen-bond acceptors (Lipinski definition) is 5. The minimum atomic E-state index is -0.271. The highest BCUT2D eigenvalue weighted by Gasteiger charge is 2.22. The largest absolute Gasteiger partial charge is 0.496 e. The van der Waals surface area contributed by atoms with E-state index in [1.807, 2.05) is 40.5 Å². The Kier molecular flexibility index (Phi) is 5.27. The Morgan fingerprint density at radius 3 is 2.62 bits per heavy atom. The van der Waals surface area contributed by atoms with Crippen molar-refractivity contribution in [3.8, 4) is 5.75 Å². The van der Waals surface area contributed by atoms with E-state index in [0.29, 0.717) is 30.2 Å². The van der Waals surface area contributed by atoms with Crippen LogP contribution in [0, 0.1) is 6.92 Å². The normalized spacial score (nSPS) is 15.3. The Bertz CT molecular complexity index is 1110. The van der Waals surface area contributed by atoms with Crippen LogP contribution in [0.2, 0.25) is 0 Å². The number of amides is 1. The molecule has 29 heavy (non-hydrogen) atoms. The lowest BCUT2D eigenvalue weighted by Crippen LogP contribution is -2.50.